The molecule has 0 saturated heterocycles. The first-order valence-corrected chi connectivity index (χ1v) is 11.7. The van der Waals surface area contributed by atoms with Crippen LogP contribution in [0.5, 0.6) is 0 Å². The molecule has 3 aromatic rings. The molecule has 2 aromatic carbocycles. The number of rotatable bonds is 7. The maximum atomic E-state index is 12.4. The van der Waals surface area contributed by atoms with Crippen LogP contribution in [0.25, 0.3) is 11.4 Å². The molecule has 164 valence electrons. The van der Waals surface area contributed by atoms with Gasteiger partial charge in [0.2, 0.25) is 5.91 Å². The van der Waals surface area contributed by atoms with Gasteiger partial charge in [0.15, 0.2) is 11.0 Å². The molecule has 0 radical (unpaired) electrons. The van der Waals surface area contributed by atoms with Crippen LogP contribution in [0.4, 0.5) is 5.69 Å². The van der Waals surface area contributed by atoms with Crippen molar-refractivity contribution in [2.75, 3.05) is 11.1 Å². The largest absolute Gasteiger partial charge is 0.325 e. The lowest BCUT2D eigenvalue weighted by molar-refractivity contribution is -0.113. The zero-order valence-corrected chi connectivity index (χ0v) is 20.1. The smallest absolute Gasteiger partial charge is 0.234 e. The summed E-state index contributed by atoms with van der Waals surface area (Å²) in [7, 11) is 1.93. The Morgan fingerprint density at radius 1 is 1.06 bits per heavy atom. The lowest BCUT2D eigenvalue weighted by Gasteiger charge is -2.19. The van der Waals surface area contributed by atoms with Gasteiger partial charge in [0.05, 0.1) is 5.75 Å². The van der Waals surface area contributed by atoms with E-state index in [0.29, 0.717) is 5.92 Å². The first kappa shape index (κ1) is 23.1. The molecule has 0 aliphatic carbocycles. The van der Waals surface area contributed by atoms with E-state index in [0.717, 1.165) is 28.7 Å². The average Bonchev–Trinajstić information content (AvgIpc) is 3.12. The monoisotopic (exact) mass is 436 g/mol. The van der Waals surface area contributed by atoms with E-state index in [1.807, 2.05) is 23.7 Å². The summed E-state index contributed by atoms with van der Waals surface area (Å²) in [5.41, 5.74) is 4.51. The van der Waals surface area contributed by atoms with Crippen LogP contribution in [0.1, 0.15) is 58.1 Å². The van der Waals surface area contributed by atoms with Gasteiger partial charge in [0, 0.05) is 18.3 Å². The fourth-order valence-corrected chi connectivity index (χ4v) is 3.98. The second-order valence-electron chi connectivity index (χ2n) is 8.96. The van der Waals surface area contributed by atoms with E-state index in [1.165, 1.54) is 22.9 Å². The van der Waals surface area contributed by atoms with Crippen LogP contribution in [-0.2, 0) is 17.3 Å². The van der Waals surface area contributed by atoms with Crippen LogP contribution in [0.15, 0.2) is 53.7 Å². The molecule has 31 heavy (non-hydrogen) atoms. The Bertz CT molecular complexity index is 1020. The van der Waals surface area contributed by atoms with Gasteiger partial charge in [0.25, 0.3) is 0 Å². The van der Waals surface area contributed by atoms with Crippen LogP contribution in [0, 0.1) is 0 Å². The number of hydrogen-bond donors (Lipinski definition) is 1. The fraction of sp³-hybridized carbons (Fsp3) is 0.400. The van der Waals surface area contributed by atoms with Gasteiger partial charge in [-0.1, -0.05) is 82.8 Å². The molecule has 5 nitrogen and oxygen atoms in total. The molecule has 1 N–H and O–H groups in total. The maximum Gasteiger partial charge on any atom is 0.234 e. The van der Waals surface area contributed by atoms with Gasteiger partial charge in [-0.2, -0.15) is 0 Å². The highest BCUT2D eigenvalue weighted by Gasteiger charge is 2.16. The quantitative estimate of drug-likeness (QED) is 0.460. The lowest BCUT2D eigenvalue weighted by Crippen LogP contribution is -2.14. The summed E-state index contributed by atoms with van der Waals surface area (Å²) >= 11 is 1.39. The number of amides is 1. The van der Waals surface area contributed by atoms with Gasteiger partial charge in [-0.15, -0.1) is 10.2 Å². The molecule has 1 aromatic heterocycles. The number of nitrogens with zero attached hydrogens (tertiary/aromatic N) is 3. The predicted octanol–water partition coefficient (Wildman–Crippen LogP) is 6.02. The Morgan fingerprint density at radius 3 is 2.29 bits per heavy atom. The van der Waals surface area contributed by atoms with Crippen LogP contribution < -0.4 is 5.32 Å². The summed E-state index contributed by atoms with van der Waals surface area (Å²) in [6, 6.07) is 16.5. The first-order chi connectivity index (χ1) is 14.7. The summed E-state index contributed by atoms with van der Waals surface area (Å²) in [5, 5.41) is 12.3. The van der Waals surface area contributed by atoms with Crippen molar-refractivity contribution in [3.05, 3.63) is 59.7 Å². The van der Waals surface area contributed by atoms with E-state index in [9.17, 15) is 4.79 Å². The van der Waals surface area contributed by atoms with Crippen molar-refractivity contribution >= 4 is 23.4 Å². The molecule has 1 atom stereocenters. The fourth-order valence-electron chi connectivity index (χ4n) is 3.27. The predicted molar refractivity (Wildman–Crippen MR) is 130 cm³/mol. The second-order valence-corrected chi connectivity index (χ2v) is 9.90. The van der Waals surface area contributed by atoms with Crippen LogP contribution in [-0.4, -0.2) is 26.4 Å². The van der Waals surface area contributed by atoms with Crippen molar-refractivity contribution < 1.29 is 4.79 Å². The lowest BCUT2D eigenvalue weighted by atomic mass is 9.87. The van der Waals surface area contributed by atoms with Crippen LogP contribution >= 0.6 is 11.8 Å². The number of anilines is 1. The molecule has 0 aliphatic rings. The highest BCUT2D eigenvalue weighted by molar-refractivity contribution is 7.99. The van der Waals surface area contributed by atoms with E-state index in [4.69, 9.17) is 0 Å². The second kappa shape index (κ2) is 9.69. The Balaban J connectivity index is 1.60. The standard InChI is InChI=1S/C25H32N4OS/c1-7-17(2)18-10-14-21(15-11-18)26-22(30)16-31-24-28-27-23(29(24)6)19-8-12-20(13-9-19)25(3,4)5/h8-15,17H,7,16H2,1-6H3,(H,26,30). The molecule has 6 heteroatoms. The van der Waals surface area contributed by atoms with E-state index in [1.54, 1.807) is 0 Å². The van der Waals surface area contributed by atoms with E-state index in [2.05, 4.69) is 86.5 Å². The zero-order chi connectivity index (χ0) is 22.6. The Labute approximate surface area is 189 Å². The molecule has 0 aliphatic heterocycles. The van der Waals surface area contributed by atoms with Gasteiger partial charge in [-0.05, 0) is 41.0 Å². The topological polar surface area (TPSA) is 59.8 Å². The van der Waals surface area contributed by atoms with Gasteiger partial charge >= 0.3 is 0 Å². The summed E-state index contributed by atoms with van der Waals surface area (Å²) < 4.78 is 1.94. The third-order valence-electron chi connectivity index (χ3n) is 5.55. The maximum absolute atomic E-state index is 12.4. The minimum Gasteiger partial charge on any atom is -0.325 e. The van der Waals surface area contributed by atoms with Gasteiger partial charge < -0.3 is 9.88 Å². The zero-order valence-electron chi connectivity index (χ0n) is 19.3. The summed E-state index contributed by atoms with van der Waals surface area (Å²) in [5.74, 6) is 1.54. The van der Waals surface area contributed by atoms with Crippen molar-refractivity contribution in [1.82, 2.24) is 14.8 Å². The molecular formula is C25H32N4OS. The van der Waals surface area contributed by atoms with Crippen molar-refractivity contribution in [1.29, 1.82) is 0 Å². The number of benzene rings is 2. The Morgan fingerprint density at radius 2 is 1.71 bits per heavy atom. The molecule has 0 bridgehead atoms. The normalized spacial score (nSPS) is 12.6. The minimum atomic E-state index is -0.0552. The Kier molecular flexibility index (Phi) is 7.21. The first-order valence-electron chi connectivity index (χ1n) is 10.7. The van der Waals surface area contributed by atoms with Crippen LogP contribution in [0.2, 0.25) is 0 Å². The summed E-state index contributed by atoms with van der Waals surface area (Å²) in [6.07, 6.45) is 1.10. The van der Waals surface area contributed by atoms with Crippen molar-refractivity contribution in [2.24, 2.45) is 7.05 Å². The number of aromatic nitrogens is 3. The molecule has 1 unspecified atom stereocenters. The summed E-state index contributed by atoms with van der Waals surface area (Å²) in [6.45, 7) is 11.0. The average molecular weight is 437 g/mol. The highest BCUT2D eigenvalue weighted by atomic mass is 32.2. The number of nitrogens with one attached hydrogen (secondary N) is 1. The van der Waals surface area contributed by atoms with Crippen LogP contribution in [0.3, 0.4) is 0 Å². The number of thioether (sulfide) groups is 1. The number of carbonyl (C=O) groups excluding carboxylic acids is 1. The molecule has 0 spiro atoms. The van der Waals surface area contributed by atoms with E-state index in [-0.39, 0.29) is 17.1 Å². The molecular weight excluding hydrogens is 404 g/mol. The SMILES string of the molecule is CCC(C)c1ccc(NC(=O)CSc2nnc(-c3ccc(C(C)(C)C)cc3)n2C)cc1. The molecule has 1 amide bonds. The molecule has 1 heterocycles. The number of carbonyl (C=O) groups is 1. The Hall–Kier alpha value is -2.60. The third kappa shape index (κ3) is 5.76. The summed E-state index contributed by atoms with van der Waals surface area (Å²) in [4.78, 5) is 12.4. The molecule has 0 fully saturated rings. The van der Waals surface area contributed by atoms with Gasteiger partial charge in [0.1, 0.15) is 0 Å². The molecule has 0 saturated carbocycles. The molecule has 3 rings (SSSR count). The third-order valence-corrected chi connectivity index (χ3v) is 6.57. The van der Waals surface area contributed by atoms with Crippen molar-refractivity contribution in [3.8, 4) is 11.4 Å². The van der Waals surface area contributed by atoms with Gasteiger partial charge in [-0.25, -0.2) is 0 Å². The van der Waals surface area contributed by atoms with Gasteiger partial charge in [-0.3, -0.25) is 4.79 Å². The van der Waals surface area contributed by atoms with Crippen molar-refractivity contribution in [3.63, 3.8) is 0 Å². The minimum absolute atomic E-state index is 0.0552. The highest BCUT2D eigenvalue weighted by Crippen LogP contribution is 2.27. The van der Waals surface area contributed by atoms with Crippen molar-refractivity contribution in [2.45, 2.75) is 57.5 Å². The van der Waals surface area contributed by atoms with E-state index >= 15 is 0 Å². The number of hydrogen-bond acceptors (Lipinski definition) is 4. The van der Waals surface area contributed by atoms with E-state index < -0.39 is 0 Å².